The number of amides is 1. The zero-order valence-corrected chi connectivity index (χ0v) is 13.9. The maximum atomic E-state index is 14.4. The molecule has 0 saturated carbocycles. The van der Waals surface area contributed by atoms with Gasteiger partial charge in [-0.1, -0.05) is 26.0 Å². The molecule has 0 heterocycles. The summed E-state index contributed by atoms with van der Waals surface area (Å²) in [7, 11) is 0. The summed E-state index contributed by atoms with van der Waals surface area (Å²) in [6.07, 6.45) is 1.05. The number of benzene rings is 2. The van der Waals surface area contributed by atoms with Gasteiger partial charge in [0.15, 0.2) is 0 Å². The first kappa shape index (κ1) is 18.1. The van der Waals surface area contributed by atoms with Gasteiger partial charge in [0, 0.05) is 23.2 Å². The number of halogens is 2. The van der Waals surface area contributed by atoms with Crippen molar-refractivity contribution >= 4 is 5.91 Å². The summed E-state index contributed by atoms with van der Waals surface area (Å²) in [6, 6.07) is 8.34. The molecule has 0 aliphatic heterocycles. The van der Waals surface area contributed by atoms with Gasteiger partial charge in [0.25, 0.3) is 0 Å². The Hall–Kier alpha value is -2.27. The molecule has 0 unspecified atom stereocenters. The quantitative estimate of drug-likeness (QED) is 0.756. The smallest absolute Gasteiger partial charge is 0.248 e. The largest absolute Gasteiger partial charge is 0.366 e. The Bertz CT molecular complexity index is 729. The first-order valence-electron chi connectivity index (χ1n) is 7.97. The van der Waals surface area contributed by atoms with E-state index >= 15 is 0 Å². The van der Waals surface area contributed by atoms with Crippen molar-refractivity contribution in [2.24, 2.45) is 11.7 Å². The van der Waals surface area contributed by atoms with Crippen molar-refractivity contribution in [2.45, 2.75) is 26.8 Å². The Labute approximate surface area is 140 Å². The molecule has 0 fully saturated rings. The molecule has 0 atom stereocenters. The molecular formula is C19H22F2N2O. The predicted molar refractivity (Wildman–Crippen MR) is 91.5 cm³/mol. The van der Waals surface area contributed by atoms with Gasteiger partial charge in [-0.2, -0.15) is 0 Å². The van der Waals surface area contributed by atoms with Crippen LogP contribution in [0.4, 0.5) is 8.78 Å². The summed E-state index contributed by atoms with van der Waals surface area (Å²) in [5.41, 5.74) is 6.27. The maximum absolute atomic E-state index is 14.4. The lowest BCUT2D eigenvalue weighted by atomic mass is 10.00. The number of rotatable bonds is 7. The first-order valence-corrected chi connectivity index (χ1v) is 7.97. The third-order valence-electron chi connectivity index (χ3n) is 3.80. The van der Waals surface area contributed by atoms with Gasteiger partial charge < -0.3 is 11.1 Å². The Balaban J connectivity index is 2.18. The van der Waals surface area contributed by atoms with Gasteiger partial charge in [-0.15, -0.1) is 0 Å². The van der Waals surface area contributed by atoms with Crippen molar-refractivity contribution in [1.82, 2.24) is 5.32 Å². The van der Waals surface area contributed by atoms with Crippen LogP contribution in [0.25, 0.3) is 11.1 Å². The van der Waals surface area contributed by atoms with E-state index in [0.717, 1.165) is 24.6 Å². The third kappa shape index (κ3) is 4.61. The summed E-state index contributed by atoms with van der Waals surface area (Å²) in [5, 5.41) is 3.25. The van der Waals surface area contributed by atoms with Gasteiger partial charge >= 0.3 is 0 Å². The Morgan fingerprint density at radius 1 is 1.08 bits per heavy atom. The average molecular weight is 332 g/mol. The zero-order chi connectivity index (χ0) is 17.7. The van der Waals surface area contributed by atoms with Crippen LogP contribution in [-0.2, 0) is 6.54 Å². The van der Waals surface area contributed by atoms with Crippen LogP contribution in [0.3, 0.4) is 0 Å². The van der Waals surface area contributed by atoms with E-state index in [-0.39, 0.29) is 16.7 Å². The van der Waals surface area contributed by atoms with Gasteiger partial charge in [0.2, 0.25) is 5.91 Å². The molecule has 5 heteroatoms. The molecule has 24 heavy (non-hydrogen) atoms. The second kappa shape index (κ2) is 8.02. The van der Waals surface area contributed by atoms with Gasteiger partial charge in [-0.3, -0.25) is 4.79 Å². The highest BCUT2D eigenvalue weighted by molar-refractivity contribution is 5.94. The molecule has 0 spiro atoms. The second-order valence-corrected chi connectivity index (χ2v) is 6.23. The van der Waals surface area contributed by atoms with Gasteiger partial charge in [0.1, 0.15) is 11.6 Å². The summed E-state index contributed by atoms with van der Waals surface area (Å²) in [5.74, 6) is -1.19. The minimum Gasteiger partial charge on any atom is -0.366 e. The van der Waals surface area contributed by atoms with Crippen molar-refractivity contribution < 1.29 is 13.6 Å². The second-order valence-electron chi connectivity index (χ2n) is 6.23. The van der Waals surface area contributed by atoms with Crippen LogP contribution in [0.15, 0.2) is 36.4 Å². The van der Waals surface area contributed by atoms with Crippen molar-refractivity contribution in [3.8, 4) is 11.1 Å². The molecular weight excluding hydrogens is 310 g/mol. The number of carbonyl (C=O) groups excluding carboxylic acids is 1. The van der Waals surface area contributed by atoms with Crippen LogP contribution >= 0.6 is 0 Å². The van der Waals surface area contributed by atoms with Crippen molar-refractivity contribution in [1.29, 1.82) is 0 Å². The van der Waals surface area contributed by atoms with E-state index in [1.807, 2.05) is 0 Å². The van der Waals surface area contributed by atoms with E-state index < -0.39 is 17.5 Å². The molecule has 0 bridgehead atoms. The summed E-state index contributed by atoms with van der Waals surface area (Å²) >= 11 is 0. The van der Waals surface area contributed by atoms with Crippen molar-refractivity contribution in [3.63, 3.8) is 0 Å². The fourth-order valence-electron chi connectivity index (χ4n) is 2.40. The first-order chi connectivity index (χ1) is 11.4. The van der Waals surface area contributed by atoms with E-state index in [1.165, 1.54) is 24.3 Å². The van der Waals surface area contributed by atoms with Crippen LogP contribution in [0.1, 0.15) is 36.2 Å². The molecule has 2 rings (SSSR count). The minimum absolute atomic E-state index is 0.0307. The lowest BCUT2D eigenvalue weighted by molar-refractivity contribution is 0.100. The zero-order valence-electron chi connectivity index (χ0n) is 13.9. The van der Waals surface area contributed by atoms with Gasteiger partial charge in [-0.05, 0) is 48.7 Å². The number of nitrogens with one attached hydrogen (secondary N) is 1. The monoisotopic (exact) mass is 332 g/mol. The number of hydrogen-bond acceptors (Lipinski definition) is 2. The highest BCUT2D eigenvalue weighted by atomic mass is 19.1. The van der Waals surface area contributed by atoms with E-state index in [4.69, 9.17) is 5.73 Å². The van der Waals surface area contributed by atoms with E-state index in [9.17, 15) is 13.6 Å². The number of carbonyl (C=O) groups is 1. The number of hydrogen-bond donors (Lipinski definition) is 2. The Morgan fingerprint density at radius 3 is 2.46 bits per heavy atom. The predicted octanol–water partition coefficient (Wildman–Crippen LogP) is 3.87. The topological polar surface area (TPSA) is 55.1 Å². The van der Waals surface area contributed by atoms with E-state index in [1.54, 1.807) is 6.07 Å². The number of nitrogens with two attached hydrogens (primary N) is 1. The fraction of sp³-hybridized carbons (Fsp3) is 0.316. The Kier molecular flexibility index (Phi) is 6.04. The Morgan fingerprint density at radius 2 is 1.83 bits per heavy atom. The molecule has 0 aromatic heterocycles. The van der Waals surface area contributed by atoms with Crippen LogP contribution in [0, 0.1) is 17.6 Å². The standard InChI is InChI=1S/C19H22F2N2O/c1-12(2)7-8-23-11-13-3-5-15(18(21)9-13)16-10-14(19(22)24)4-6-17(16)20/h3-6,9-10,12,23H,7-8,11H2,1-2H3,(H2,22,24). The third-order valence-corrected chi connectivity index (χ3v) is 3.80. The van der Waals surface area contributed by atoms with E-state index in [0.29, 0.717) is 12.5 Å². The van der Waals surface area contributed by atoms with E-state index in [2.05, 4.69) is 19.2 Å². The van der Waals surface area contributed by atoms with Crippen molar-refractivity contribution in [2.75, 3.05) is 6.54 Å². The van der Waals surface area contributed by atoms with Crippen LogP contribution in [-0.4, -0.2) is 12.5 Å². The normalized spacial score (nSPS) is 11.0. The summed E-state index contributed by atoms with van der Waals surface area (Å²) < 4.78 is 28.4. The molecule has 2 aromatic carbocycles. The van der Waals surface area contributed by atoms with Crippen LogP contribution in [0.5, 0.6) is 0 Å². The fourth-order valence-corrected chi connectivity index (χ4v) is 2.40. The van der Waals surface area contributed by atoms with Crippen LogP contribution < -0.4 is 11.1 Å². The molecule has 1 amide bonds. The molecule has 0 aliphatic rings. The highest BCUT2D eigenvalue weighted by Gasteiger charge is 2.13. The highest BCUT2D eigenvalue weighted by Crippen LogP contribution is 2.27. The van der Waals surface area contributed by atoms with Gasteiger partial charge in [0.05, 0.1) is 0 Å². The molecule has 0 radical (unpaired) electrons. The molecule has 128 valence electrons. The summed E-state index contributed by atoms with van der Waals surface area (Å²) in [4.78, 5) is 11.2. The SMILES string of the molecule is CC(C)CCNCc1ccc(-c2cc(C(N)=O)ccc2F)c(F)c1. The van der Waals surface area contributed by atoms with Gasteiger partial charge in [-0.25, -0.2) is 8.78 Å². The lowest BCUT2D eigenvalue weighted by Crippen LogP contribution is -2.16. The minimum atomic E-state index is -0.678. The average Bonchev–Trinajstić information content (AvgIpc) is 2.52. The maximum Gasteiger partial charge on any atom is 0.248 e. The van der Waals surface area contributed by atoms with Crippen LogP contribution in [0.2, 0.25) is 0 Å². The lowest BCUT2D eigenvalue weighted by Gasteiger charge is -2.10. The molecule has 3 nitrogen and oxygen atoms in total. The van der Waals surface area contributed by atoms with Crippen molar-refractivity contribution in [3.05, 3.63) is 59.2 Å². The molecule has 0 aliphatic carbocycles. The molecule has 2 aromatic rings. The number of primary amides is 1. The summed E-state index contributed by atoms with van der Waals surface area (Å²) in [6.45, 7) is 5.69. The molecule has 0 saturated heterocycles. The molecule has 3 N–H and O–H groups in total.